The summed E-state index contributed by atoms with van der Waals surface area (Å²) >= 11 is 0. The van der Waals surface area contributed by atoms with Gasteiger partial charge in [-0.25, -0.2) is 0 Å². The first kappa shape index (κ1) is 23.1. The normalized spacial score (nSPS) is 19.9. The van der Waals surface area contributed by atoms with E-state index in [0.29, 0.717) is 30.2 Å². The molecule has 1 aliphatic carbocycles. The highest BCUT2D eigenvalue weighted by Crippen LogP contribution is 2.31. The predicted molar refractivity (Wildman–Crippen MR) is 134 cm³/mol. The Kier molecular flexibility index (Phi) is 6.32. The molecule has 5 rings (SSSR count). The second-order valence-corrected chi connectivity index (χ2v) is 9.75. The van der Waals surface area contributed by atoms with Crippen molar-refractivity contribution in [2.24, 2.45) is 0 Å². The molecule has 2 aromatic heterocycles. The zero-order chi connectivity index (χ0) is 24.4. The van der Waals surface area contributed by atoms with Crippen LogP contribution in [-0.2, 0) is 17.9 Å². The van der Waals surface area contributed by atoms with Crippen LogP contribution >= 0.6 is 0 Å². The Morgan fingerprint density at radius 2 is 2.06 bits per heavy atom. The highest BCUT2D eigenvalue weighted by molar-refractivity contribution is 6.00. The van der Waals surface area contributed by atoms with E-state index in [1.165, 1.54) is 18.4 Å². The Balaban J connectivity index is 1.43. The van der Waals surface area contributed by atoms with Gasteiger partial charge < -0.3 is 14.6 Å². The molecule has 0 bridgehead atoms. The SMILES string of the molecule is Cc1ccccc1CNC(=O)[C@]1(C)Cn2nc(-c3ccco3)cc2C(=O)N1CCC1=CCCCC1. The van der Waals surface area contributed by atoms with Gasteiger partial charge in [-0.05, 0) is 69.2 Å². The van der Waals surface area contributed by atoms with Gasteiger partial charge in [0.15, 0.2) is 5.76 Å². The number of nitrogens with one attached hydrogen (secondary N) is 1. The number of hydrogen-bond acceptors (Lipinski definition) is 4. The van der Waals surface area contributed by atoms with Gasteiger partial charge in [0, 0.05) is 19.2 Å². The monoisotopic (exact) mass is 472 g/mol. The third-order valence-corrected chi connectivity index (χ3v) is 7.30. The van der Waals surface area contributed by atoms with Crippen LogP contribution in [0.25, 0.3) is 11.5 Å². The summed E-state index contributed by atoms with van der Waals surface area (Å²) in [5.74, 6) is 0.253. The molecular formula is C28H32N4O3. The summed E-state index contributed by atoms with van der Waals surface area (Å²) in [4.78, 5) is 29.2. The average Bonchev–Trinajstić information content (AvgIpc) is 3.54. The molecule has 1 aliphatic heterocycles. The maximum Gasteiger partial charge on any atom is 0.273 e. The molecule has 3 aromatic rings. The minimum absolute atomic E-state index is 0.174. The lowest BCUT2D eigenvalue weighted by atomic mass is 9.92. The maximum atomic E-state index is 13.8. The summed E-state index contributed by atoms with van der Waals surface area (Å²) in [6, 6.07) is 13.4. The smallest absolute Gasteiger partial charge is 0.273 e. The first-order valence-electron chi connectivity index (χ1n) is 12.4. The van der Waals surface area contributed by atoms with Crippen LogP contribution in [0.2, 0.25) is 0 Å². The van der Waals surface area contributed by atoms with E-state index in [0.717, 1.165) is 30.4 Å². The Morgan fingerprint density at radius 1 is 1.20 bits per heavy atom. The van der Waals surface area contributed by atoms with E-state index >= 15 is 0 Å². The van der Waals surface area contributed by atoms with E-state index in [1.807, 2.05) is 44.2 Å². The van der Waals surface area contributed by atoms with Gasteiger partial charge in [0.2, 0.25) is 5.91 Å². The lowest BCUT2D eigenvalue weighted by Gasteiger charge is -2.43. The summed E-state index contributed by atoms with van der Waals surface area (Å²) in [6.07, 6.45) is 9.24. The van der Waals surface area contributed by atoms with E-state index in [2.05, 4.69) is 16.5 Å². The second kappa shape index (κ2) is 9.56. The van der Waals surface area contributed by atoms with Crippen molar-refractivity contribution in [2.45, 2.75) is 64.6 Å². The number of carbonyl (C=O) groups is 2. The van der Waals surface area contributed by atoms with Crippen LogP contribution in [0.1, 0.15) is 60.6 Å². The fourth-order valence-corrected chi connectivity index (χ4v) is 5.10. The molecule has 2 aliphatic rings. The van der Waals surface area contributed by atoms with Crippen LogP contribution in [0.3, 0.4) is 0 Å². The zero-order valence-corrected chi connectivity index (χ0v) is 20.4. The standard InChI is InChI=1S/C28H32N4O3/c1-20-9-6-7-12-22(20)18-29-27(34)28(2)19-32-24(17-23(30-32)25-13-8-16-35-25)26(33)31(28)15-14-21-10-4-3-5-11-21/h6-10,12-13,16-17H,3-5,11,14-15,18-19H2,1-2H3,(H,29,34)/t28-/m0/s1. The van der Waals surface area contributed by atoms with Crippen LogP contribution in [-0.4, -0.2) is 38.6 Å². The van der Waals surface area contributed by atoms with Gasteiger partial charge >= 0.3 is 0 Å². The number of nitrogens with zero attached hydrogens (tertiary/aromatic N) is 3. The number of hydrogen-bond donors (Lipinski definition) is 1. The summed E-state index contributed by atoms with van der Waals surface area (Å²) in [7, 11) is 0. The number of carbonyl (C=O) groups excluding carboxylic acids is 2. The van der Waals surface area contributed by atoms with Crippen molar-refractivity contribution in [3.63, 3.8) is 0 Å². The third kappa shape index (κ3) is 4.55. The van der Waals surface area contributed by atoms with E-state index < -0.39 is 5.54 Å². The highest BCUT2D eigenvalue weighted by atomic mass is 16.3. The molecule has 0 radical (unpaired) electrons. The molecule has 0 fully saturated rings. The minimum atomic E-state index is -1.06. The fraction of sp³-hybridized carbons (Fsp3) is 0.393. The number of fused-ring (bicyclic) bond motifs is 1. The topological polar surface area (TPSA) is 80.4 Å². The number of furan rings is 1. The molecule has 3 heterocycles. The molecule has 2 amide bonds. The van der Waals surface area contributed by atoms with Crippen molar-refractivity contribution in [3.05, 3.63) is 77.2 Å². The molecule has 1 atom stereocenters. The molecular weight excluding hydrogens is 440 g/mol. The highest BCUT2D eigenvalue weighted by Gasteiger charge is 2.47. The third-order valence-electron chi connectivity index (χ3n) is 7.30. The predicted octanol–water partition coefficient (Wildman–Crippen LogP) is 4.87. The molecule has 1 N–H and O–H groups in total. The molecule has 0 saturated carbocycles. The van der Waals surface area contributed by atoms with Crippen molar-refractivity contribution in [1.29, 1.82) is 0 Å². The van der Waals surface area contributed by atoms with Gasteiger partial charge in [0.05, 0.1) is 12.8 Å². The lowest BCUT2D eigenvalue weighted by molar-refractivity contribution is -0.133. The molecule has 0 saturated heterocycles. The van der Waals surface area contributed by atoms with Crippen molar-refractivity contribution in [2.75, 3.05) is 6.54 Å². The molecule has 0 spiro atoms. The van der Waals surface area contributed by atoms with Crippen molar-refractivity contribution in [3.8, 4) is 11.5 Å². The molecule has 7 nitrogen and oxygen atoms in total. The first-order chi connectivity index (χ1) is 17.0. The van der Waals surface area contributed by atoms with E-state index in [-0.39, 0.29) is 18.4 Å². The Labute approximate surface area is 205 Å². The van der Waals surface area contributed by atoms with Gasteiger partial charge in [-0.2, -0.15) is 5.10 Å². The van der Waals surface area contributed by atoms with Crippen molar-refractivity contribution in [1.82, 2.24) is 20.0 Å². The number of allylic oxidation sites excluding steroid dienone is 1. The Bertz CT molecular complexity index is 1260. The summed E-state index contributed by atoms with van der Waals surface area (Å²) in [6.45, 7) is 5.08. The van der Waals surface area contributed by atoms with Crippen LogP contribution in [0.5, 0.6) is 0 Å². The number of rotatable bonds is 7. The van der Waals surface area contributed by atoms with Gasteiger partial charge in [-0.3, -0.25) is 14.3 Å². The van der Waals surface area contributed by atoms with Crippen LogP contribution < -0.4 is 5.32 Å². The lowest BCUT2D eigenvalue weighted by Crippen LogP contribution is -2.64. The Hall–Kier alpha value is -3.61. The zero-order valence-electron chi connectivity index (χ0n) is 20.4. The van der Waals surface area contributed by atoms with Gasteiger partial charge in [0.25, 0.3) is 5.91 Å². The second-order valence-electron chi connectivity index (χ2n) is 9.75. The summed E-state index contributed by atoms with van der Waals surface area (Å²) < 4.78 is 7.15. The molecule has 0 unspecified atom stereocenters. The molecule has 182 valence electrons. The average molecular weight is 473 g/mol. The van der Waals surface area contributed by atoms with Crippen LogP contribution in [0.4, 0.5) is 0 Å². The summed E-state index contributed by atoms with van der Waals surface area (Å²) in [5, 5.41) is 7.72. The largest absolute Gasteiger partial charge is 0.463 e. The maximum absolute atomic E-state index is 13.8. The van der Waals surface area contributed by atoms with E-state index in [1.54, 1.807) is 28.0 Å². The quantitative estimate of drug-likeness (QED) is 0.498. The van der Waals surface area contributed by atoms with E-state index in [4.69, 9.17) is 4.42 Å². The van der Waals surface area contributed by atoms with Gasteiger partial charge in [-0.15, -0.1) is 0 Å². The minimum Gasteiger partial charge on any atom is -0.463 e. The van der Waals surface area contributed by atoms with E-state index in [9.17, 15) is 9.59 Å². The van der Waals surface area contributed by atoms with Gasteiger partial charge in [-0.1, -0.05) is 35.9 Å². The van der Waals surface area contributed by atoms with Gasteiger partial charge in [0.1, 0.15) is 16.9 Å². The Morgan fingerprint density at radius 3 is 2.80 bits per heavy atom. The van der Waals surface area contributed by atoms with Crippen molar-refractivity contribution < 1.29 is 14.0 Å². The molecule has 7 heteroatoms. The molecule has 35 heavy (non-hydrogen) atoms. The number of amides is 2. The summed E-state index contributed by atoms with van der Waals surface area (Å²) in [5.41, 5.74) is 3.58. The van der Waals surface area contributed by atoms with Crippen LogP contribution in [0, 0.1) is 6.92 Å². The number of benzene rings is 1. The fourth-order valence-electron chi connectivity index (χ4n) is 5.10. The first-order valence-corrected chi connectivity index (χ1v) is 12.4. The number of aryl methyl sites for hydroxylation is 1. The molecule has 1 aromatic carbocycles. The van der Waals surface area contributed by atoms with Crippen molar-refractivity contribution >= 4 is 11.8 Å². The van der Waals surface area contributed by atoms with Crippen LogP contribution in [0.15, 0.2) is 64.8 Å². The number of aromatic nitrogens is 2.